The third-order valence-electron chi connectivity index (χ3n) is 3.82. The van der Waals surface area contributed by atoms with Crippen LogP contribution in [-0.4, -0.2) is 37.1 Å². The molecule has 1 atom stereocenters. The van der Waals surface area contributed by atoms with E-state index in [1.54, 1.807) is 0 Å². The fraction of sp³-hybridized carbons (Fsp3) is 0.571. The predicted molar refractivity (Wildman–Crippen MR) is 87.1 cm³/mol. The third-order valence-corrected chi connectivity index (χ3v) is 4.49. The van der Waals surface area contributed by atoms with Gasteiger partial charge in [0, 0.05) is 22.7 Å². The Balaban J connectivity index is 2.08. The van der Waals surface area contributed by atoms with Gasteiger partial charge in [-0.3, -0.25) is 4.90 Å². The zero-order valence-corrected chi connectivity index (χ0v) is 13.4. The van der Waals surface area contributed by atoms with Crippen LogP contribution in [0.5, 0.6) is 0 Å². The topological polar surface area (TPSA) is 32.5 Å². The Morgan fingerprint density at radius 1 is 1.39 bits per heavy atom. The van der Waals surface area contributed by atoms with Gasteiger partial charge in [-0.1, -0.05) is 13.8 Å². The lowest BCUT2D eigenvalue weighted by atomic mass is 10.2. The van der Waals surface area contributed by atoms with Crippen molar-refractivity contribution in [3.8, 4) is 0 Å². The number of halogens is 1. The highest BCUT2D eigenvalue weighted by atomic mass is 127. The van der Waals surface area contributed by atoms with Gasteiger partial charge in [0.1, 0.15) is 0 Å². The molecular weight excluding hydrogens is 337 g/mol. The highest BCUT2D eigenvalue weighted by Gasteiger charge is 2.27. The molecule has 1 aliphatic rings. The van der Waals surface area contributed by atoms with E-state index in [0.29, 0.717) is 6.04 Å². The van der Waals surface area contributed by atoms with Crippen LogP contribution in [0.1, 0.15) is 20.3 Å². The summed E-state index contributed by atoms with van der Waals surface area (Å²) in [5.41, 5.74) is 8.23. The van der Waals surface area contributed by atoms with Gasteiger partial charge in [-0.05, 0) is 60.3 Å². The minimum absolute atomic E-state index is 0.679. The van der Waals surface area contributed by atoms with Crippen LogP contribution in [0.25, 0.3) is 0 Å². The van der Waals surface area contributed by atoms with Gasteiger partial charge in [0.05, 0.1) is 11.4 Å². The molecule has 0 saturated carbocycles. The Morgan fingerprint density at radius 2 is 2.11 bits per heavy atom. The molecule has 3 nitrogen and oxygen atoms in total. The van der Waals surface area contributed by atoms with Crippen LogP contribution >= 0.6 is 22.6 Å². The van der Waals surface area contributed by atoms with E-state index in [9.17, 15) is 0 Å². The molecule has 0 bridgehead atoms. The van der Waals surface area contributed by atoms with Gasteiger partial charge in [0.15, 0.2) is 0 Å². The molecule has 0 radical (unpaired) electrons. The molecule has 0 amide bonds. The summed E-state index contributed by atoms with van der Waals surface area (Å²) >= 11 is 2.31. The van der Waals surface area contributed by atoms with Crippen molar-refractivity contribution in [2.45, 2.75) is 26.3 Å². The van der Waals surface area contributed by atoms with E-state index in [4.69, 9.17) is 5.73 Å². The number of nitrogen functional groups attached to an aromatic ring is 1. The maximum Gasteiger partial charge on any atom is 0.0601 e. The summed E-state index contributed by atoms with van der Waals surface area (Å²) in [6.45, 7) is 8.98. The van der Waals surface area contributed by atoms with Gasteiger partial charge in [-0.15, -0.1) is 0 Å². The van der Waals surface area contributed by atoms with E-state index in [1.165, 1.54) is 15.7 Å². The number of benzene rings is 1. The molecule has 0 spiro atoms. The Bertz CT molecular complexity index is 404. The molecule has 2 rings (SSSR count). The molecule has 0 aromatic heterocycles. The summed E-state index contributed by atoms with van der Waals surface area (Å²) in [6, 6.07) is 7.03. The van der Waals surface area contributed by atoms with E-state index in [-0.39, 0.29) is 0 Å². The second-order valence-electron chi connectivity index (χ2n) is 4.81. The van der Waals surface area contributed by atoms with Crippen molar-refractivity contribution in [3.63, 3.8) is 0 Å². The molecule has 1 unspecified atom stereocenters. The lowest BCUT2D eigenvalue weighted by molar-refractivity contribution is 0.232. The monoisotopic (exact) mass is 359 g/mol. The van der Waals surface area contributed by atoms with Crippen molar-refractivity contribution in [2.75, 3.05) is 36.8 Å². The number of hydrogen-bond donors (Lipinski definition) is 1. The van der Waals surface area contributed by atoms with Gasteiger partial charge in [-0.25, -0.2) is 0 Å². The molecule has 1 saturated heterocycles. The summed E-state index contributed by atoms with van der Waals surface area (Å²) in [7, 11) is 0. The van der Waals surface area contributed by atoms with Crippen LogP contribution in [0.15, 0.2) is 18.2 Å². The van der Waals surface area contributed by atoms with Crippen molar-refractivity contribution < 1.29 is 0 Å². The fourth-order valence-corrected chi connectivity index (χ4v) is 3.33. The van der Waals surface area contributed by atoms with E-state index >= 15 is 0 Å². The zero-order chi connectivity index (χ0) is 13.1. The van der Waals surface area contributed by atoms with Crippen LogP contribution in [-0.2, 0) is 0 Å². The molecule has 1 aromatic rings. The number of rotatable bonds is 4. The maximum absolute atomic E-state index is 6.13. The summed E-state index contributed by atoms with van der Waals surface area (Å²) in [4.78, 5) is 4.97. The van der Waals surface area contributed by atoms with Gasteiger partial charge in [0.25, 0.3) is 0 Å². The summed E-state index contributed by atoms with van der Waals surface area (Å²) in [5.74, 6) is 0. The second kappa shape index (κ2) is 6.10. The Labute approximate surface area is 123 Å². The third kappa shape index (κ3) is 2.91. The fourth-order valence-electron chi connectivity index (χ4n) is 2.81. The maximum atomic E-state index is 6.13. The van der Waals surface area contributed by atoms with Gasteiger partial charge >= 0.3 is 0 Å². The van der Waals surface area contributed by atoms with Crippen LogP contribution in [0.3, 0.4) is 0 Å². The number of nitrogens with two attached hydrogens (primary N) is 1. The van der Waals surface area contributed by atoms with Crippen LogP contribution in [0.4, 0.5) is 11.4 Å². The largest absolute Gasteiger partial charge is 0.397 e. The first-order chi connectivity index (χ1) is 8.65. The SMILES string of the molecule is CCN(CC)C1CCN(c2ccc(I)cc2N)C1. The van der Waals surface area contributed by atoms with Gasteiger partial charge in [-0.2, -0.15) is 0 Å². The summed E-state index contributed by atoms with van der Waals surface area (Å²) in [6.07, 6.45) is 1.24. The van der Waals surface area contributed by atoms with Gasteiger partial charge in [0.2, 0.25) is 0 Å². The minimum atomic E-state index is 0.679. The van der Waals surface area contributed by atoms with Crippen LogP contribution < -0.4 is 10.6 Å². The Hall–Kier alpha value is -0.490. The summed E-state index contributed by atoms with van der Waals surface area (Å²) < 4.78 is 1.20. The van der Waals surface area contributed by atoms with E-state index in [2.05, 4.69) is 64.4 Å². The van der Waals surface area contributed by atoms with Crippen molar-refractivity contribution in [1.29, 1.82) is 0 Å². The Kier molecular flexibility index (Phi) is 4.72. The highest BCUT2D eigenvalue weighted by molar-refractivity contribution is 14.1. The normalized spacial score (nSPS) is 19.8. The van der Waals surface area contributed by atoms with Crippen molar-refractivity contribution in [3.05, 3.63) is 21.8 Å². The molecule has 4 heteroatoms. The first-order valence-corrected chi connectivity index (χ1v) is 7.77. The average molecular weight is 359 g/mol. The molecule has 100 valence electrons. The molecule has 2 N–H and O–H groups in total. The first-order valence-electron chi connectivity index (χ1n) is 6.69. The number of nitrogens with zero attached hydrogens (tertiary/aromatic N) is 2. The van der Waals surface area contributed by atoms with Crippen molar-refractivity contribution in [1.82, 2.24) is 4.90 Å². The quantitative estimate of drug-likeness (QED) is 0.663. The van der Waals surface area contributed by atoms with Crippen LogP contribution in [0.2, 0.25) is 0 Å². The van der Waals surface area contributed by atoms with Crippen molar-refractivity contribution >= 4 is 34.0 Å². The summed E-state index contributed by atoms with van der Waals surface area (Å²) in [5, 5.41) is 0. The predicted octanol–water partition coefficient (Wildman–Crippen LogP) is 2.79. The van der Waals surface area contributed by atoms with Crippen LogP contribution in [0, 0.1) is 3.57 Å². The van der Waals surface area contributed by atoms with E-state index in [0.717, 1.165) is 31.9 Å². The molecule has 1 heterocycles. The molecule has 0 aliphatic carbocycles. The molecule has 1 fully saturated rings. The molecule has 18 heavy (non-hydrogen) atoms. The van der Waals surface area contributed by atoms with E-state index in [1.807, 2.05) is 0 Å². The smallest absolute Gasteiger partial charge is 0.0601 e. The molecule has 1 aromatic carbocycles. The lowest BCUT2D eigenvalue weighted by Crippen LogP contribution is -2.37. The first kappa shape index (κ1) is 13.9. The zero-order valence-electron chi connectivity index (χ0n) is 11.2. The molecule has 1 aliphatic heterocycles. The van der Waals surface area contributed by atoms with Crippen molar-refractivity contribution in [2.24, 2.45) is 0 Å². The second-order valence-corrected chi connectivity index (χ2v) is 6.06. The number of anilines is 2. The van der Waals surface area contributed by atoms with Gasteiger partial charge < -0.3 is 10.6 Å². The number of hydrogen-bond acceptors (Lipinski definition) is 3. The molecular formula is C14H22IN3. The minimum Gasteiger partial charge on any atom is -0.397 e. The average Bonchev–Trinajstić information content (AvgIpc) is 2.80. The highest BCUT2D eigenvalue weighted by Crippen LogP contribution is 2.29. The lowest BCUT2D eigenvalue weighted by Gasteiger charge is -2.27. The van der Waals surface area contributed by atoms with E-state index < -0.39 is 0 Å². The standard InChI is InChI=1S/C14H22IN3/c1-3-17(4-2)12-7-8-18(10-12)14-6-5-11(15)9-13(14)16/h5-6,9,12H,3-4,7-8,10,16H2,1-2H3. The number of likely N-dealkylation sites (N-methyl/N-ethyl adjacent to an activating group) is 1. The Morgan fingerprint density at radius 3 is 2.72 bits per heavy atom.